The summed E-state index contributed by atoms with van der Waals surface area (Å²) >= 11 is 0. The molecule has 0 saturated heterocycles. The van der Waals surface area contributed by atoms with Crippen molar-refractivity contribution in [2.75, 3.05) is 5.32 Å². The molecule has 2 aromatic carbocycles. The SMILES string of the molecule is CCc1ccccc1Nc1ncc(C(=O)NCc2ccccc2)cn1. The molecule has 1 aromatic heterocycles. The number of para-hydroxylation sites is 1. The van der Waals surface area contributed by atoms with E-state index >= 15 is 0 Å². The molecule has 5 nitrogen and oxygen atoms in total. The monoisotopic (exact) mass is 332 g/mol. The minimum atomic E-state index is -0.190. The summed E-state index contributed by atoms with van der Waals surface area (Å²) in [6.07, 6.45) is 3.98. The highest BCUT2D eigenvalue weighted by Crippen LogP contribution is 2.18. The van der Waals surface area contributed by atoms with Crippen LogP contribution in [0.2, 0.25) is 0 Å². The van der Waals surface area contributed by atoms with E-state index in [0.29, 0.717) is 18.1 Å². The molecule has 3 aromatic rings. The van der Waals surface area contributed by atoms with Gasteiger partial charge < -0.3 is 10.6 Å². The van der Waals surface area contributed by atoms with Gasteiger partial charge in [0, 0.05) is 24.6 Å². The summed E-state index contributed by atoms with van der Waals surface area (Å²) in [6.45, 7) is 2.57. The van der Waals surface area contributed by atoms with Crippen LogP contribution < -0.4 is 10.6 Å². The second-order valence-electron chi connectivity index (χ2n) is 5.60. The number of anilines is 2. The van der Waals surface area contributed by atoms with Gasteiger partial charge >= 0.3 is 0 Å². The molecular formula is C20H20N4O. The molecule has 0 atom stereocenters. The number of hydrogen-bond donors (Lipinski definition) is 2. The van der Waals surface area contributed by atoms with E-state index in [2.05, 4.69) is 33.6 Å². The molecule has 126 valence electrons. The first-order valence-corrected chi connectivity index (χ1v) is 8.25. The van der Waals surface area contributed by atoms with Crippen LogP contribution in [-0.4, -0.2) is 15.9 Å². The highest BCUT2D eigenvalue weighted by molar-refractivity contribution is 5.93. The lowest BCUT2D eigenvalue weighted by atomic mass is 10.1. The second-order valence-corrected chi connectivity index (χ2v) is 5.60. The molecule has 2 N–H and O–H groups in total. The quantitative estimate of drug-likeness (QED) is 0.722. The van der Waals surface area contributed by atoms with E-state index in [1.807, 2.05) is 48.5 Å². The number of aromatic nitrogens is 2. The van der Waals surface area contributed by atoms with Crippen LogP contribution in [0.15, 0.2) is 67.0 Å². The fourth-order valence-corrected chi connectivity index (χ4v) is 2.46. The minimum absolute atomic E-state index is 0.190. The lowest BCUT2D eigenvalue weighted by Crippen LogP contribution is -2.23. The largest absolute Gasteiger partial charge is 0.348 e. The van der Waals surface area contributed by atoms with Gasteiger partial charge in [-0.3, -0.25) is 4.79 Å². The summed E-state index contributed by atoms with van der Waals surface area (Å²) in [5.74, 6) is 0.282. The Morgan fingerprint density at radius 3 is 2.36 bits per heavy atom. The molecule has 1 amide bonds. The molecule has 0 aliphatic heterocycles. The van der Waals surface area contributed by atoms with Crippen molar-refractivity contribution in [1.29, 1.82) is 0 Å². The van der Waals surface area contributed by atoms with Crippen molar-refractivity contribution in [1.82, 2.24) is 15.3 Å². The van der Waals surface area contributed by atoms with Gasteiger partial charge in [-0.25, -0.2) is 9.97 Å². The van der Waals surface area contributed by atoms with Crippen molar-refractivity contribution >= 4 is 17.5 Å². The Balaban J connectivity index is 1.62. The Morgan fingerprint density at radius 1 is 0.960 bits per heavy atom. The van der Waals surface area contributed by atoms with Gasteiger partial charge in [-0.2, -0.15) is 0 Å². The Morgan fingerprint density at radius 2 is 1.64 bits per heavy atom. The van der Waals surface area contributed by atoms with E-state index in [9.17, 15) is 4.79 Å². The number of carbonyl (C=O) groups excluding carboxylic acids is 1. The molecule has 0 saturated carbocycles. The van der Waals surface area contributed by atoms with Crippen LogP contribution in [0.25, 0.3) is 0 Å². The van der Waals surface area contributed by atoms with Crippen LogP contribution in [0, 0.1) is 0 Å². The number of nitrogens with one attached hydrogen (secondary N) is 2. The van der Waals surface area contributed by atoms with Gasteiger partial charge in [0.25, 0.3) is 5.91 Å². The average Bonchev–Trinajstić information content (AvgIpc) is 2.68. The maximum atomic E-state index is 12.2. The maximum Gasteiger partial charge on any atom is 0.254 e. The Hall–Kier alpha value is -3.21. The molecule has 0 aliphatic rings. The van der Waals surface area contributed by atoms with E-state index in [-0.39, 0.29) is 5.91 Å². The summed E-state index contributed by atoms with van der Waals surface area (Å²) < 4.78 is 0. The van der Waals surface area contributed by atoms with Gasteiger partial charge in [-0.1, -0.05) is 55.5 Å². The number of benzene rings is 2. The first kappa shape index (κ1) is 16.6. The van der Waals surface area contributed by atoms with E-state index in [1.165, 1.54) is 18.0 Å². The van der Waals surface area contributed by atoms with Crippen LogP contribution in [0.1, 0.15) is 28.4 Å². The molecule has 0 radical (unpaired) electrons. The van der Waals surface area contributed by atoms with Crippen LogP contribution in [0.5, 0.6) is 0 Å². The third-order valence-corrected chi connectivity index (χ3v) is 3.85. The lowest BCUT2D eigenvalue weighted by Gasteiger charge is -2.09. The van der Waals surface area contributed by atoms with Crippen molar-refractivity contribution in [3.63, 3.8) is 0 Å². The summed E-state index contributed by atoms with van der Waals surface area (Å²) in [6, 6.07) is 17.8. The molecule has 0 fully saturated rings. The zero-order valence-corrected chi connectivity index (χ0v) is 14.1. The van der Waals surface area contributed by atoms with Crippen molar-refractivity contribution in [3.8, 4) is 0 Å². The molecule has 3 rings (SSSR count). The highest BCUT2D eigenvalue weighted by Gasteiger charge is 2.08. The number of rotatable bonds is 6. The number of carbonyl (C=O) groups is 1. The summed E-state index contributed by atoms with van der Waals surface area (Å²) in [4.78, 5) is 20.7. The van der Waals surface area contributed by atoms with E-state index in [4.69, 9.17) is 0 Å². The first-order chi connectivity index (χ1) is 12.3. The van der Waals surface area contributed by atoms with Crippen molar-refractivity contribution in [3.05, 3.63) is 83.7 Å². The van der Waals surface area contributed by atoms with Crippen molar-refractivity contribution < 1.29 is 4.79 Å². The fraction of sp³-hybridized carbons (Fsp3) is 0.150. The molecular weight excluding hydrogens is 312 g/mol. The molecule has 0 unspecified atom stereocenters. The Kier molecular flexibility index (Phi) is 5.36. The maximum absolute atomic E-state index is 12.2. The standard InChI is InChI=1S/C20H20N4O/c1-2-16-10-6-7-11-18(16)24-20-22-13-17(14-23-20)19(25)21-12-15-8-4-3-5-9-15/h3-11,13-14H,2,12H2,1H3,(H,21,25)(H,22,23,24). The predicted molar refractivity (Wildman–Crippen MR) is 98.7 cm³/mol. The molecule has 0 bridgehead atoms. The summed E-state index contributed by atoms with van der Waals surface area (Å²) in [5, 5.41) is 6.06. The second kappa shape index (κ2) is 8.06. The summed E-state index contributed by atoms with van der Waals surface area (Å²) in [7, 11) is 0. The van der Waals surface area contributed by atoms with Crippen molar-refractivity contribution in [2.24, 2.45) is 0 Å². The van der Waals surface area contributed by atoms with E-state index in [1.54, 1.807) is 0 Å². The zero-order chi connectivity index (χ0) is 17.5. The number of aryl methyl sites for hydroxylation is 1. The number of amides is 1. The van der Waals surface area contributed by atoms with Gasteiger partial charge in [0.05, 0.1) is 5.56 Å². The van der Waals surface area contributed by atoms with E-state index < -0.39 is 0 Å². The first-order valence-electron chi connectivity index (χ1n) is 8.25. The number of hydrogen-bond acceptors (Lipinski definition) is 4. The van der Waals surface area contributed by atoms with Gasteiger partial charge in [-0.15, -0.1) is 0 Å². The lowest BCUT2D eigenvalue weighted by molar-refractivity contribution is 0.0950. The van der Waals surface area contributed by atoms with E-state index in [0.717, 1.165) is 17.7 Å². The normalized spacial score (nSPS) is 10.3. The molecule has 5 heteroatoms. The molecule has 0 aliphatic carbocycles. The number of nitrogens with zero attached hydrogens (tertiary/aromatic N) is 2. The zero-order valence-electron chi connectivity index (χ0n) is 14.1. The molecule has 0 spiro atoms. The summed E-state index contributed by atoms with van der Waals surface area (Å²) in [5.41, 5.74) is 3.65. The third-order valence-electron chi connectivity index (χ3n) is 3.85. The topological polar surface area (TPSA) is 66.9 Å². The Labute approximate surface area is 147 Å². The van der Waals surface area contributed by atoms with Crippen LogP contribution >= 0.6 is 0 Å². The molecule has 25 heavy (non-hydrogen) atoms. The fourth-order valence-electron chi connectivity index (χ4n) is 2.46. The highest BCUT2D eigenvalue weighted by atomic mass is 16.1. The van der Waals surface area contributed by atoms with Crippen LogP contribution in [0.3, 0.4) is 0 Å². The predicted octanol–water partition coefficient (Wildman–Crippen LogP) is 3.71. The smallest absolute Gasteiger partial charge is 0.254 e. The van der Waals surface area contributed by atoms with Gasteiger partial charge in [0.2, 0.25) is 5.95 Å². The van der Waals surface area contributed by atoms with Gasteiger partial charge in [-0.05, 0) is 23.6 Å². The molecule has 1 heterocycles. The van der Waals surface area contributed by atoms with Crippen LogP contribution in [0.4, 0.5) is 11.6 Å². The minimum Gasteiger partial charge on any atom is -0.348 e. The average molecular weight is 332 g/mol. The van der Waals surface area contributed by atoms with Crippen molar-refractivity contribution in [2.45, 2.75) is 19.9 Å². The Bertz CT molecular complexity index is 832. The van der Waals surface area contributed by atoms with Gasteiger partial charge in [0.1, 0.15) is 0 Å². The van der Waals surface area contributed by atoms with Gasteiger partial charge in [0.15, 0.2) is 0 Å². The van der Waals surface area contributed by atoms with Crippen LogP contribution in [-0.2, 0) is 13.0 Å². The third kappa shape index (κ3) is 4.41.